The van der Waals surface area contributed by atoms with Crippen LogP contribution in [0.2, 0.25) is 0 Å². The average molecular weight is 393 g/mol. The molecule has 0 bridgehead atoms. The SMILES string of the molecule is O=C(Nc1ccc(F)cc1)NC1C(O)NC[C@H]1c1c(F)cc2c(c1F)CCO2. The van der Waals surface area contributed by atoms with Crippen molar-refractivity contribution in [1.29, 1.82) is 0 Å². The van der Waals surface area contributed by atoms with E-state index in [1.54, 1.807) is 0 Å². The van der Waals surface area contributed by atoms with Gasteiger partial charge in [0.2, 0.25) is 0 Å². The molecule has 148 valence electrons. The van der Waals surface area contributed by atoms with E-state index >= 15 is 0 Å². The van der Waals surface area contributed by atoms with E-state index in [1.165, 1.54) is 24.3 Å². The zero-order valence-electron chi connectivity index (χ0n) is 14.6. The molecule has 2 aromatic rings. The number of urea groups is 1. The van der Waals surface area contributed by atoms with Gasteiger partial charge in [-0.25, -0.2) is 18.0 Å². The largest absolute Gasteiger partial charge is 0.493 e. The third kappa shape index (κ3) is 3.38. The normalized spacial score (nSPS) is 23.2. The van der Waals surface area contributed by atoms with Gasteiger partial charge in [-0.2, -0.15) is 0 Å². The number of hydrogen-bond acceptors (Lipinski definition) is 4. The predicted molar refractivity (Wildman–Crippen MR) is 94.6 cm³/mol. The fourth-order valence-corrected chi connectivity index (χ4v) is 3.65. The maximum Gasteiger partial charge on any atom is 0.319 e. The van der Waals surface area contributed by atoms with Crippen LogP contribution in [0.1, 0.15) is 17.0 Å². The molecule has 4 rings (SSSR count). The molecule has 9 heteroatoms. The summed E-state index contributed by atoms with van der Waals surface area (Å²) in [5, 5.41) is 17.9. The second-order valence-corrected chi connectivity index (χ2v) is 6.75. The number of fused-ring (bicyclic) bond motifs is 1. The summed E-state index contributed by atoms with van der Waals surface area (Å²) in [6, 6.07) is 4.59. The topological polar surface area (TPSA) is 82.6 Å². The molecule has 2 aromatic carbocycles. The summed E-state index contributed by atoms with van der Waals surface area (Å²) in [5.74, 6) is -2.58. The molecule has 2 amide bonds. The van der Waals surface area contributed by atoms with Gasteiger partial charge in [0.25, 0.3) is 0 Å². The second kappa shape index (κ2) is 7.33. The molecule has 6 nitrogen and oxygen atoms in total. The van der Waals surface area contributed by atoms with E-state index in [2.05, 4.69) is 16.0 Å². The van der Waals surface area contributed by atoms with Gasteiger partial charge >= 0.3 is 6.03 Å². The van der Waals surface area contributed by atoms with E-state index in [0.29, 0.717) is 17.7 Å². The number of nitrogens with one attached hydrogen (secondary N) is 3. The molecule has 0 radical (unpaired) electrons. The van der Waals surface area contributed by atoms with Crippen molar-refractivity contribution in [3.8, 4) is 5.75 Å². The Bertz CT molecular complexity index is 908. The van der Waals surface area contributed by atoms with Crippen LogP contribution in [0.15, 0.2) is 30.3 Å². The number of amides is 2. The summed E-state index contributed by atoms with van der Waals surface area (Å²) in [4.78, 5) is 12.3. The first kappa shape index (κ1) is 18.6. The van der Waals surface area contributed by atoms with Crippen LogP contribution < -0.4 is 20.7 Å². The van der Waals surface area contributed by atoms with Gasteiger partial charge in [0.1, 0.15) is 29.4 Å². The third-order valence-electron chi connectivity index (χ3n) is 5.01. The third-order valence-corrected chi connectivity index (χ3v) is 5.01. The molecule has 0 saturated carbocycles. The van der Waals surface area contributed by atoms with Gasteiger partial charge in [-0.15, -0.1) is 0 Å². The number of benzene rings is 2. The van der Waals surface area contributed by atoms with E-state index in [9.17, 15) is 23.1 Å². The number of rotatable bonds is 3. The summed E-state index contributed by atoms with van der Waals surface area (Å²) in [7, 11) is 0. The second-order valence-electron chi connectivity index (χ2n) is 6.75. The summed E-state index contributed by atoms with van der Waals surface area (Å²) in [5.41, 5.74) is 0.440. The van der Waals surface area contributed by atoms with Crippen LogP contribution in [0.3, 0.4) is 0 Å². The van der Waals surface area contributed by atoms with Gasteiger partial charge in [-0.1, -0.05) is 0 Å². The summed E-state index contributed by atoms with van der Waals surface area (Å²) in [6.45, 7) is 0.360. The van der Waals surface area contributed by atoms with Crippen LogP contribution >= 0.6 is 0 Å². The lowest BCUT2D eigenvalue weighted by Crippen LogP contribution is -2.47. The molecule has 1 saturated heterocycles. The minimum absolute atomic E-state index is 0.0795. The van der Waals surface area contributed by atoms with Gasteiger partial charge < -0.3 is 20.5 Å². The molecule has 2 aliphatic heterocycles. The van der Waals surface area contributed by atoms with Crippen molar-refractivity contribution in [1.82, 2.24) is 10.6 Å². The number of anilines is 1. The smallest absolute Gasteiger partial charge is 0.319 e. The number of aliphatic hydroxyl groups is 1. The van der Waals surface area contributed by atoms with Gasteiger partial charge in [0.05, 0.1) is 12.6 Å². The monoisotopic (exact) mass is 393 g/mol. The molecule has 4 N–H and O–H groups in total. The Kier molecular flexibility index (Phi) is 4.86. The maximum absolute atomic E-state index is 14.9. The Morgan fingerprint density at radius 3 is 2.71 bits per heavy atom. The minimum Gasteiger partial charge on any atom is -0.493 e. The molecule has 2 unspecified atom stereocenters. The molecule has 3 atom stereocenters. The highest BCUT2D eigenvalue weighted by Gasteiger charge is 2.41. The van der Waals surface area contributed by atoms with Gasteiger partial charge in [-0.3, -0.25) is 5.32 Å². The van der Waals surface area contributed by atoms with Crippen molar-refractivity contribution in [2.75, 3.05) is 18.5 Å². The predicted octanol–water partition coefficient (Wildman–Crippen LogP) is 2.23. The first-order chi connectivity index (χ1) is 13.4. The van der Waals surface area contributed by atoms with Crippen LogP contribution in [0.5, 0.6) is 5.75 Å². The zero-order chi connectivity index (χ0) is 19.8. The van der Waals surface area contributed by atoms with E-state index in [1.807, 2.05) is 0 Å². The van der Waals surface area contributed by atoms with E-state index < -0.39 is 41.7 Å². The average Bonchev–Trinajstić information content (AvgIpc) is 3.25. The summed E-state index contributed by atoms with van der Waals surface area (Å²) < 4.78 is 47.7. The number of hydrogen-bond donors (Lipinski definition) is 4. The maximum atomic E-state index is 14.9. The Morgan fingerprint density at radius 1 is 1.21 bits per heavy atom. The summed E-state index contributed by atoms with van der Waals surface area (Å²) >= 11 is 0. The highest BCUT2D eigenvalue weighted by atomic mass is 19.1. The van der Waals surface area contributed by atoms with Crippen LogP contribution in [0, 0.1) is 17.5 Å². The molecular weight excluding hydrogens is 375 g/mol. The first-order valence-corrected chi connectivity index (χ1v) is 8.82. The lowest BCUT2D eigenvalue weighted by Gasteiger charge is -2.24. The van der Waals surface area contributed by atoms with Crippen molar-refractivity contribution < 1.29 is 27.8 Å². The van der Waals surface area contributed by atoms with Crippen LogP contribution in [0.25, 0.3) is 0 Å². The Balaban J connectivity index is 1.55. The van der Waals surface area contributed by atoms with Crippen LogP contribution in [0.4, 0.5) is 23.7 Å². The number of aliphatic hydroxyl groups excluding tert-OH is 1. The molecule has 0 spiro atoms. The van der Waals surface area contributed by atoms with E-state index in [0.717, 1.165) is 6.07 Å². The summed E-state index contributed by atoms with van der Waals surface area (Å²) in [6.07, 6.45) is -0.854. The van der Waals surface area contributed by atoms with Gasteiger partial charge in [-0.05, 0) is 24.3 Å². The Labute approximate surface area is 158 Å². The first-order valence-electron chi connectivity index (χ1n) is 8.82. The number of ether oxygens (including phenoxy) is 1. The Hall–Kier alpha value is -2.78. The molecule has 2 heterocycles. The highest BCUT2D eigenvalue weighted by Crippen LogP contribution is 2.37. The lowest BCUT2D eigenvalue weighted by atomic mass is 9.90. The van der Waals surface area contributed by atoms with Crippen LogP contribution in [-0.4, -0.2) is 36.6 Å². The molecule has 0 aromatic heterocycles. The van der Waals surface area contributed by atoms with E-state index in [-0.39, 0.29) is 24.5 Å². The van der Waals surface area contributed by atoms with Crippen molar-refractivity contribution in [3.05, 3.63) is 58.9 Å². The minimum atomic E-state index is -1.19. The fraction of sp³-hybridized carbons (Fsp3) is 0.316. The quantitative estimate of drug-likeness (QED) is 0.645. The highest BCUT2D eigenvalue weighted by molar-refractivity contribution is 5.89. The van der Waals surface area contributed by atoms with E-state index in [4.69, 9.17) is 4.74 Å². The molecule has 28 heavy (non-hydrogen) atoms. The number of halogens is 3. The van der Waals surface area contributed by atoms with Crippen molar-refractivity contribution >= 4 is 11.7 Å². The van der Waals surface area contributed by atoms with Crippen molar-refractivity contribution in [2.45, 2.75) is 24.6 Å². The number of carbonyl (C=O) groups excluding carboxylic acids is 1. The van der Waals surface area contributed by atoms with Gasteiger partial charge in [0.15, 0.2) is 0 Å². The zero-order valence-corrected chi connectivity index (χ0v) is 14.6. The van der Waals surface area contributed by atoms with Crippen LogP contribution in [-0.2, 0) is 6.42 Å². The number of carbonyl (C=O) groups is 1. The van der Waals surface area contributed by atoms with Gasteiger partial charge in [0, 0.05) is 41.8 Å². The Morgan fingerprint density at radius 2 is 1.96 bits per heavy atom. The molecule has 2 aliphatic rings. The van der Waals surface area contributed by atoms with Crippen molar-refractivity contribution in [2.24, 2.45) is 0 Å². The van der Waals surface area contributed by atoms with Crippen molar-refractivity contribution in [3.63, 3.8) is 0 Å². The lowest BCUT2D eigenvalue weighted by molar-refractivity contribution is 0.128. The fourth-order valence-electron chi connectivity index (χ4n) is 3.65. The molecular formula is C19H18F3N3O3. The molecule has 0 aliphatic carbocycles. The standard InChI is InChI=1S/C19H18F3N3O3/c20-9-1-3-10(4-2-9)24-19(27)25-17-12(8-23-18(17)26)15-13(21)7-14-11(16(15)22)5-6-28-14/h1-4,7,12,17-18,23,26H,5-6,8H2,(H2,24,25,27)/t12-,17?,18?/m0/s1. The molecule has 1 fully saturated rings.